The molecule has 0 saturated heterocycles. The summed E-state index contributed by atoms with van der Waals surface area (Å²) in [6.07, 6.45) is 3.89. The molecule has 0 atom stereocenters. The Kier molecular flexibility index (Phi) is 4.37. The zero-order valence-electron chi connectivity index (χ0n) is 15.3. The molecule has 0 aliphatic carbocycles. The molecule has 1 amide bonds. The molecule has 4 nitrogen and oxygen atoms in total. The number of hydrogen-bond acceptors (Lipinski definition) is 2. The summed E-state index contributed by atoms with van der Waals surface area (Å²) < 4.78 is 2.83. The van der Waals surface area contributed by atoms with Crippen LogP contribution in [0.15, 0.2) is 89.5 Å². The Hall–Kier alpha value is -3.44. The second-order valence-electron chi connectivity index (χ2n) is 6.78. The number of nitrogens with zero attached hydrogens (tertiary/aromatic N) is 2. The maximum atomic E-state index is 12.6. The normalized spacial score (nSPS) is 14.1. The highest BCUT2D eigenvalue weighted by Crippen LogP contribution is 2.35. The number of anilines is 1. The van der Waals surface area contributed by atoms with E-state index in [1.807, 2.05) is 95.8 Å². The lowest BCUT2D eigenvalue weighted by Crippen LogP contribution is -2.03. The summed E-state index contributed by atoms with van der Waals surface area (Å²) in [7, 11) is 0. The van der Waals surface area contributed by atoms with Gasteiger partial charge in [-0.25, -0.2) is 4.68 Å². The van der Waals surface area contributed by atoms with Crippen LogP contribution in [0.1, 0.15) is 11.1 Å². The smallest absolute Gasteiger partial charge is 0.256 e. The average molecular weight is 442 g/mol. The Morgan fingerprint density at radius 1 is 0.931 bits per heavy atom. The molecule has 0 spiro atoms. The second-order valence-corrected chi connectivity index (χ2v) is 7.70. The van der Waals surface area contributed by atoms with Crippen molar-refractivity contribution in [1.29, 1.82) is 0 Å². The maximum Gasteiger partial charge on any atom is 0.256 e. The highest BCUT2D eigenvalue weighted by atomic mass is 79.9. The summed E-state index contributed by atoms with van der Waals surface area (Å²) in [5, 5.41) is 7.77. The van der Waals surface area contributed by atoms with Crippen molar-refractivity contribution in [3.63, 3.8) is 0 Å². The molecule has 4 aromatic rings. The number of halogens is 1. The Bertz CT molecular complexity index is 1260. The molecule has 5 rings (SSSR count). The second kappa shape index (κ2) is 7.18. The van der Waals surface area contributed by atoms with Gasteiger partial charge in [0.1, 0.15) is 5.69 Å². The van der Waals surface area contributed by atoms with Gasteiger partial charge in [0, 0.05) is 38.6 Å². The molecule has 0 unspecified atom stereocenters. The van der Waals surface area contributed by atoms with Crippen molar-refractivity contribution in [3.8, 4) is 16.9 Å². The standard InChI is InChI=1S/C24H16BrN3O/c25-18-8-6-7-16(13-18)23-17(15-28(27-23)19-9-2-1-3-10-19)14-21-20-11-4-5-12-22(20)26-24(21)29/h1-15H,(H,26,29). The van der Waals surface area contributed by atoms with Crippen LogP contribution in [0.25, 0.3) is 28.6 Å². The predicted molar refractivity (Wildman–Crippen MR) is 120 cm³/mol. The van der Waals surface area contributed by atoms with Crippen LogP contribution in [0.2, 0.25) is 0 Å². The number of aromatic nitrogens is 2. The van der Waals surface area contributed by atoms with E-state index in [1.54, 1.807) is 0 Å². The largest absolute Gasteiger partial charge is 0.321 e. The number of benzene rings is 3. The van der Waals surface area contributed by atoms with E-state index < -0.39 is 0 Å². The molecule has 1 aromatic heterocycles. The lowest BCUT2D eigenvalue weighted by Gasteiger charge is -2.02. The van der Waals surface area contributed by atoms with E-state index in [2.05, 4.69) is 21.2 Å². The fourth-order valence-electron chi connectivity index (χ4n) is 3.50. The first kappa shape index (κ1) is 17.6. The molecule has 0 bridgehead atoms. The molecular weight excluding hydrogens is 426 g/mol. The molecule has 3 aromatic carbocycles. The van der Waals surface area contributed by atoms with Gasteiger partial charge in [-0.2, -0.15) is 5.10 Å². The van der Waals surface area contributed by atoms with Gasteiger partial charge < -0.3 is 5.32 Å². The number of hydrogen-bond donors (Lipinski definition) is 1. The summed E-state index contributed by atoms with van der Waals surface area (Å²) in [5.74, 6) is -0.0983. The van der Waals surface area contributed by atoms with Crippen molar-refractivity contribution in [2.24, 2.45) is 0 Å². The molecule has 2 heterocycles. The van der Waals surface area contributed by atoms with Gasteiger partial charge in [-0.1, -0.05) is 64.5 Å². The van der Waals surface area contributed by atoms with Crippen LogP contribution >= 0.6 is 15.9 Å². The summed E-state index contributed by atoms with van der Waals surface area (Å²) in [5.41, 5.74) is 6.03. The van der Waals surface area contributed by atoms with Crippen molar-refractivity contribution in [1.82, 2.24) is 9.78 Å². The van der Waals surface area contributed by atoms with Crippen LogP contribution in [-0.4, -0.2) is 15.7 Å². The van der Waals surface area contributed by atoms with Gasteiger partial charge in [0.2, 0.25) is 0 Å². The molecule has 1 aliphatic rings. The Labute approximate surface area is 176 Å². The van der Waals surface area contributed by atoms with Crippen LogP contribution < -0.4 is 5.32 Å². The van der Waals surface area contributed by atoms with E-state index in [1.165, 1.54) is 0 Å². The van der Waals surface area contributed by atoms with Gasteiger partial charge >= 0.3 is 0 Å². The summed E-state index contributed by atoms with van der Waals surface area (Å²) in [6.45, 7) is 0. The van der Waals surface area contributed by atoms with Crippen LogP contribution in [0.3, 0.4) is 0 Å². The zero-order valence-corrected chi connectivity index (χ0v) is 16.9. The third-order valence-corrected chi connectivity index (χ3v) is 5.36. The molecule has 1 N–H and O–H groups in total. The third-order valence-electron chi connectivity index (χ3n) is 4.87. The van der Waals surface area contributed by atoms with Gasteiger partial charge in [0.15, 0.2) is 0 Å². The number of fused-ring (bicyclic) bond motifs is 1. The fraction of sp³-hybridized carbons (Fsp3) is 0. The van der Waals surface area contributed by atoms with E-state index in [-0.39, 0.29) is 5.91 Å². The molecule has 1 aliphatic heterocycles. The predicted octanol–water partition coefficient (Wildman–Crippen LogP) is 5.79. The zero-order chi connectivity index (χ0) is 19.8. The monoisotopic (exact) mass is 441 g/mol. The number of carbonyl (C=O) groups excluding carboxylic acids is 1. The lowest BCUT2D eigenvalue weighted by molar-refractivity contribution is -0.110. The molecule has 5 heteroatoms. The first-order valence-electron chi connectivity index (χ1n) is 9.22. The van der Waals surface area contributed by atoms with E-state index in [4.69, 9.17) is 5.10 Å². The maximum absolute atomic E-state index is 12.6. The van der Waals surface area contributed by atoms with Crippen molar-refractivity contribution in [2.75, 3.05) is 5.32 Å². The van der Waals surface area contributed by atoms with E-state index in [0.717, 1.165) is 38.2 Å². The number of rotatable bonds is 3. The summed E-state index contributed by atoms with van der Waals surface area (Å²) >= 11 is 3.54. The number of para-hydroxylation sites is 2. The van der Waals surface area contributed by atoms with Crippen LogP contribution in [0, 0.1) is 0 Å². The Morgan fingerprint density at radius 2 is 1.72 bits per heavy atom. The third kappa shape index (κ3) is 3.30. The van der Waals surface area contributed by atoms with Crippen molar-refractivity contribution in [3.05, 3.63) is 101 Å². The number of carbonyl (C=O) groups is 1. The number of nitrogens with one attached hydrogen (secondary N) is 1. The topological polar surface area (TPSA) is 46.9 Å². The van der Waals surface area contributed by atoms with Crippen LogP contribution in [0.5, 0.6) is 0 Å². The quantitative estimate of drug-likeness (QED) is 0.408. The molecule has 29 heavy (non-hydrogen) atoms. The minimum Gasteiger partial charge on any atom is -0.321 e. The average Bonchev–Trinajstić information content (AvgIpc) is 3.30. The fourth-order valence-corrected chi connectivity index (χ4v) is 3.90. The molecule has 0 radical (unpaired) electrons. The molecular formula is C24H16BrN3O. The summed E-state index contributed by atoms with van der Waals surface area (Å²) in [4.78, 5) is 12.6. The van der Waals surface area contributed by atoms with Gasteiger partial charge in [-0.05, 0) is 36.4 Å². The van der Waals surface area contributed by atoms with Gasteiger partial charge in [-0.3, -0.25) is 4.79 Å². The first-order valence-corrected chi connectivity index (χ1v) is 10.0. The van der Waals surface area contributed by atoms with E-state index >= 15 is 0 Å². The van der Waals surface area contributed by atoms with E-state index in [0.29, 0.717) is 5.57 Å². The SMILES string of the molecule is O=C1Nc2ccccc2C1=Cc1cn(-c2ccccc2)nc1-c1cccc(Br)c1. The molecule has 0 fully saturated rings. The molecule has 0 saturated carbocycles. The van der Waals surface area contributed by atoms with Gasteiger partial charge in [0.25, 0.3) is 5.91 Å². The lowest BCUT2D eigenvalue weighted by atomic mass is 10.0. The van der Waals surface area contributed by atoms with Crippen molar-refractivity contribution in [2.45, 2.75) is 0 Å². The van der Waals surface area contributed by atoms with Gasteiger partial charge in [-0.15, -0.1) is 0 Å². The molecule has 140 valence electrons. The highest BCUT2D eigenvalue weighted by molar-refractivity contribution is 9.10. The Balaban J connectivity index is 1.70. The van der Waals surface area contributed by atoms with Crippen molar-refractivity contribution >= 4 is 39.2 Å². The first-order chi connectivity index (χ1) is 14.2. The minimum absolute atomic E-state index is 0.0983. The van der Waals surface area contributed by atoms with Crippen LogP contribution in [-0.2, 0) is 4.79 Å². The highest BCUT2D eigenvalue weighted by Gasteiger charge is 2.24. The minimum atomic E-state index is -0.0983. The Morgan fingerprint density at radius 3 is 2.55 bits per heavy atom. The number of amides is 1. The van der Waals surface area contributed by atoms with Gasteiger partial charge in [0.05, 0.1) is 5.69 Å². The van der Waals surface area contributed by atoms with Crippen LogP contribution in [0.4, 0.5) is 5.69 Å². The summed E-state index contributed by atoms with van der Waals surface area (Å²) in [6, 6.07) is 25.7. The van der Waals surface area contributed by atoms with Crippen molar-refractivity contribution < 1.29 is 4.79 Å². The van der Waals surface area contributed by atoms with E-state index in [9.17, 15) is 4.79 Å².